The first-order valence-corrected chi connectivity index (χ1v) is 8.09. The van der Waals surface area contributed by atoms with E-state index in [1.807, 2.05) is 0 Å². The van der Waals surface area contributed by atoms with E-state index in [-0.39, 0.29) is 11.6 Å². The van der Waals surface area contributed by atoms with Crippen molar-refractivity contribution in [3.8, 4) is 0 Å². The molecule has 0 saturated heterocycles. The second-order valence-electron chi connectivity index (χ2n) is 5.86. The van der Waals surface area contributed by atoms with Crippen molar-refractivity contribution < 1.29 is 0 Å². The maximum Gasteiger partial charge on any atom is 0.293 e. The molecule has 2 heterocycles. The van der Waals surface area contributed by atoms with Gasteiger partial charge in [0.2, 0.25) is 0 Å². The third-order valence-electron chi connectivity index (χ3n) is 3.37. The van der Waals surface area contributed by atoms with Crippen molar-refractivity contribution in [1.29, 1.82) is 0 Å². The zero-order valence-corrected chi connectivity index (χ0v) is 14.1. The molecule has 1 atom stereocenters. The summed E-state index contributed by atoms with van der Waals surface area (Å²) in [4.78, 5) is 19.2. The van der Waals surface area contributed by atoms with Crippen LogP contribution < -0.4 is 10.9 Å². The lowest BCUT2D eigenvalue weighted by atomic mass is 10.1. The number of rotatable bonds is 5. The lowest BCUT2D eigenvalue weighted by Gasteiger charge is -2.15. The van der Waals surface area contributed by atoms with Crippen LogP contribution in [0.5, 0.6) is 0 Å². The van der Waals surface area contributed by atoms with Crippen LogP contribution in [-0.4, -0.2) is 9.55 Å². The summed E-state index contributed by atoms with van der Waals surface area (Å²) in [5.41, 5.74) is 1.18. The molecule has 0 bridgehead atoms. The zero-order chi connectivity index (χ0) is 15.6. The molecule has 0 saturated carbocycles. The summed E-state index contributed by atoms with van der Waals surface area (Å²) in [6, 6.07) is 2.25. The second-order valence-corrected chi connectivity index (χ2v) is 7.32. The molecule has 0 spiro atoms. The Morgan fingerprint density at radius 3 is 2.62 bits per heavy atom. The maximum absolute atomic E-state index is 12.4. The van der Waals surface area contributed by atoms with Crippen LogP contribution in [0.25, 0.3) is 0 Å². The van der Waals surface area contributed by atoms with Gasteiger partial charge in [0.05, 0.1) is 6.04 Å². The lowest BCUT2D eigenvalue weighted by molar-refractivity contribution is 0.509. The van der Waals surface area contributed by atoms with Gasteiger partial charge in [-0.1, -0.05) is 13.8 Å². The predicted octanol–water partition coefficient (Wildman–Crippen LogP) is 3.75. The van der Waals surface area contributed by atoms with Crippen molar-refractivity contribution in [2.45, 2.75) is 47.2 Å². The molecule has 114 valence electrons. The maximum atomic E-state index is 12.4. The molecule has 0 aliphatic heterocycles. The van der Waals surface area contributed by atoms with Crippen LogP contribution in [0.1, 0.15) is 42.1 Å². The molecule has 0 aromatic carbocycles. The third-order valence-corrected chi connectivity index (χ3v) is 4.36. The first kappa shape index (κ1) is 15.8. The Balaban J connectivity index is 2.23. The van der Waals surface area contributed by atoms with Gasteiger partial charge in [-0.3, -0.25) is 4.79 Å². The summed E-state index contributed by atoms with van der Waals surface area (Å²) in [7, 11) is 0. The fraction of sp³-hybridized carbons (Fsp3) is 0.500. The number of anilines is 1. The molecule has 0 aliphatic rings. The molecule has 5 heteroatoms. The van der Waals surface area contributed by atoms with E-state index >= 15 is 0 Å². The van der Waals surface area contributed by atoms with Crippen molar-refractivity contribution in [3.05, 3.63) is 44.1 Å². The Morgan fingerprint density at radius 1 is 1.33 bits per heavy atom. The average molecular weight is 305 g/mol. The Labute approximate surface area is 129 Å². The van der Waals surface area contributed by atoms with E-state index in [4.69, 9.17) is 0 Å². The number of nitrogens with one attached hydrogen (secondary N) is 1. The summed E-state index contributed by atoms with van der Waals surface area (Å²) in [5.74, 6) is 0.853. The minimum atomic E-state index is -0.0531. The van der Waals surface area contributed by atoms with Gasteiger partial charge in [-0.05, 0) is 38.3 Å². The molecule has 1 unspecified atom stereocenters. The van der Waals surface area contributed by atoms with E-state index in [0.717, 1.165) is 0 Å². The van der Waals surface area contributed by atoms with E-state index in [2.05, 4.69) is 51.0 Å². The van der Waals surface area contributed by atoms with Crippen molar-refractivity contribution in [2.24, 2.45) is 5.92 Å². The second kappa shape index (κ2) is 6.43. The molecular weight excluding hydrogens is 282 g/mol. The van der Waals surface area contributed by atoms with Gasteiger partial charge in [-0.2, -0.15) is 0 Å². The topological polar surface area (TPSA) is 46.9 Å². The van der Waals surface area contributed by atoms with Crippen LogP contribution in [-0.2, 0) is 6.54 Å². The Kier molecular flexibility index (Phi) is 4.83. The highest BCUT2D eigenvalue weighted by Gasteiger charge is 2.14. The Hall–Kier alpha value is -1.62. The first-order chi connectivity index (χ1) is 9.88. The van der Waals surface area contributed by atoms with Crippen LogP contribution >= 0.6 is 11.3 Å². The van der Waals surface area contributed by atoms with E-state index in [0.29, 0.717) is 18.3 Å². The van der Waals surface area contributed by atoms with Gasteiger partial charge in [-0.25, -0.2) is 4.98 Å². The Bertz CT molecular complexity index is 672. The molecule has 0 amide bonds. The molecule has 21 heavy (non-hydrogen) atoms. The zero-order valence-electron chi connectivity index (χ0n) is 13.3. The van der Waals surface area contributed by atoms with E-state index < -0.39 is 0 Å². The summed E-state index contributed by atoms with van der Waals surface area (Å²) in [6.07, 6.45) is 3.43. The smallest absolute Gasteiger partial charge is 0.293 e. The van der Waals surface area contributed by atoms with Crippen molar-refractivity contribution >= 4 is 17.2 Å². The summed E-state index contributed by atoms with van der Waals surface area (Å²) in [5, 5.41) is 3.26. The lowest BCUT2D eigenvalue weighted by Crippen LogP contribution is -2.26. The minimum absolute atomic E-state index is 0.0531. The van der Waals surface area contributed by atoms with Gasteiger partial charge in [0.1, 0.15) is 0 Å². The molecule has 2 aromatic rings. The first-order valence-electron chi connectivity index (χ1n) is 7.27. The van der Waals surface area contributed by atoms with Gasteiger partial charge in [0.15, 0.2) is 5.82 Å². The van der Waals surface area contributed by atoms with Crippen LogP contribution in [0.2, 0.25) is 0 Å². The quantitative estimate of drug-likeness (QED) is 0.915. The highest BCUT2D eigenvalue weighted by Crippen LogP contribution is 2.27. The molecule has 2 rings (SSSR count). The number of aromatic nitrogens is 2. The number of hydrogen-bond acceptors (Lipinski definition) is 4. The fourth-order valence-electron chi connectivity index (χ4n) is 2.45. The standard InChI is InChI=1S/C16H23N3OS/c1-10(2)9-19-7-6-17-15(16(19)20)18-12(4)14-8-11(3)21-13(14)5/h6-8,10,12H,9H2,1-5H3,(H,17,18). The molecule has 0 aliphatic carbocycles. The van der Waals surface area contributed by atoms with Gasteiger partial charge in [-0.15, -0.1) is 11.3 Å². The SMILES string of the molecule is Cc1cc(C(C)Nc2nccn(CC(C)C)c2=O)c(C)s1. The number of thiophene rings is 1. The molecule has 2 aromatic heterocycles. The molecule has 4 nitrogen and oxygen atoms in total. The summed E-state index contributed by atoms with van der Waals surface area (Å²) >= 11 is 1.78. The fourth-order valence-corrected chi connectivity index (χ4v) is 3.47. The molecular formula is C16H23N3OS. The van der Waals surface area contributed by atoms with E-state index in [1.54, 1.807) is 28.3 Å². The normalized spacial score (nSPS) is 12.7. The number of nitrogens with zero attached hydrogens (tertiary/aromatic N) is 2. The number of aryl methyl sites for hydroxylation is 2. The predicted molar refractivity (Wildman–Crippen MR) is 89.2 cm³/mol. The highest BCUT2D eigenvalue weighted by molar-refractivity contribution is 7.12. The van der Waals surface area contributed by atoms with E-state index in [1.165, 1.54) is 15.3 Å². The molecule has 0 fully saturated rings. The van der Waals surface area contributed by atoms with Crippen molar-refractivity contribution in [3.63, 3.8) is 0 Å². The molecule has 1 N–H and O–H groups in total. The highest BCUT2D eigenvalue weighted by atomic mass is 32.1. The van der Waals surface area contributed by atoms with Crippen LogP contribution in [0.3, 0.4) is 0 Å². The van der Waals surface area contributed by atoms with Gasteiger partial charge in [0, 0.05) is 28.7 Å². The monoisotopic (exact) mass is 305 g/mol. The van der Waals surface area contributed by atoms with E-state index in [9.17, 15) is 4.79 Å². The van der Waals surface area contributed by atoms with Gasteiger partial charge >= 0.3 is 0 Å². The summed E-state index contributed by atoms with van der Waals surface area (Å²) < 4.78 is 1.72. The minimum Gasteiger partial charge on any atom is -0.359 e. The molecule has 0 radical (unpaired) electrons. The average Bonchev–Trinajstić information content (AvgIpc) is 2.73. The third kappa shape index (κ3) is 3.73. The van der Waals surface area contributed by atoms with Crippen molar-refractivity contribution in [2.75, 3.05) is 5.32 Å². The van der Waals surface area contributed by atoms with Gasteiger partial charge < -0.3 is 9.88 Å². The van der Waals surface area contributed by atoms with Crippen LogP contribution in [0.15, 0.2) is 23.3 Å². The number of hydrogen-bond donors (Lipinski definition) is 1. The Morgan fingerprint density at radius 2 is 2.05 bits per heavy atom. The largest absolute Gasteiger partial charge is 0.359 e. The van der Waals surface area contributed by atoms with Gasteiger partial charge in [0.25, 0.3) is 5.56 Å². The van der Waals surface area contributed by atoms with Crippen LogP contribution in [0, 0.1) is 19.8 Å². The summed E-state index contributed by atoms with van der Waals surface area (Å²) in [6.45, 7) is 11.2. The van der Waals surface area contributed by atoms with Crippen molar-refractivity contribution in [1.82, 2.24) is 9.55 Å². The van der Waals surface area contributed by atoms with Crippen LogP contribution in [0.4, 0.5) is 5.82 Å².